The van der Waals surface area contributed by atoms with Crippen molar-refractivity contribution in [3.8, 4) is 11.5 Å². The van der Waals surface area contributed by atoms with Crippen LogP contribution in [-0.2, 0) is 0 Å². The lowest BCUT2D eigenvalue weighted by molar-refractivity contribution is 0.526. The number of aromatic amines is 1. The highest BCUT2D eigenvalue weighted by Crippen LogP contribution is 2.25. The van der Waals surface area contributed by atoms with E-state index in [4.69, 9.17) is 4.42 Å². The number of halogens is 2. The summed E-state index contributed by atoms with van der Waals surface area (Å²) in [6.07, 6.45) is 0. The maximum Gasteiger partial charge on any atom is 0.434 e. The molecule has 4 nitrogen and oxygen atoms in total. The van der Waals surface area contributed by atoms with E-state index in [1.54, 1.807) is 0 Å². The summed E-state index contributed by atoms with van der Waals surface area (Å²) in [6.45, 7) is 0. The van der Waals surface area contributed by atoms with Crippen LogP contribution in [0, 0.1) is 3.57 Å². The lowest BCUT2D eigenvalue weighted by Gasteiger charge is -1.98. The number of H-pyrrole nitrogens is 1. The maximum atomic E-state index is 10.8. The van der Waals surface area contributed by atoms with E-state index in [0.29, 0.717) is 5.89 Å². The van der Waals surface area contributed by atoms with Gasteiger partial charge in [0.15, 0.2) is 0 Å². The van der Waals surface area contributed by atoms with Gasteiger partial charge in [0, 0.05) is 8.04 Å². The SMILES string of the molecule is O=c1[nH]nc(-c2cc(Br)ccc2I)o1. The van der Waals surface area contributed by atoms with Gasteiger partial charge in [0.05, 0.1) is 5.56 Å². The van der Waals surface area contributed by atoms with Gasteiger partial charge in [-0.1, -0.05) is 15.9 Å². The standard InChI is InChI=1S/C8H4BrIN2O2/c9-4-1-2-6(10)5(3-4)7-11-12-8(13)14-7/h1-3H,(H,12,13). The van der Waals surface area contributed by atoms with Crippen LogP contribution in [0.2, 0.25) is 0 Å². The quantitative estimate of drug-likeness (QED) is 0.788. The minimum absolute atomic E-state index is 0.306. The van der Waals surface area contributed by atoms with Crippen LogP contribution < -0.4 is 5.76 Å². The van der Waals surface area contributed by atoms with Gasteiger partial charge in [0.25, 0.3) is 0 Å². The Morgan fingerprint density at radius 2 is 2.29 bits per heavy atom. The molecule has 1 N–H and O–H groups in total. The first kappa shape index (κ1) is 9.91. The number of hydrogen-bond donors (Lipinski definition) is 1. The third-order valence-electron chi connectivity index (χ3n) is 1.60. The van der Waals surface area contributed by atoms with Gasteiger partial charge in [-0.05, 0) is 40.8 Å². The Labute approximate surface area is 101 Å². The van der Waals surface area contributed by atoms with Crippen molar-refractivity contribution in [3.05, 3.63) is 36.8 Å². The van der Waals surface area contributed by atoms with E-state index in [1.165, 1.54) is 0 Å². The van der Waals surface area contributed by atoms with Gasteiger partial charge in [-0.2, -0.15) is 0 Å². The first-order valence-corrected chi connectivity index (χ1v) is 5.55. The highest BCUT2D eigenvalue weighted by atomic mass is 127. The highest BCUT2D eigenvalue weighted by molar-refractivity contribution is 14.1. The largest absolute Gasteiger partial charge is 0.434 e. The molecule has 0 radical (unpaired) electrons. The predicted octanol–water partition coefficient (Wildman–Crippen LogP) is 2.40. The molecular formula is C8H4BrIN2O2. The van der Waals surface area contributed by atoms with Crippen LogP contribution in [0.15, 0.2) is 31.9 Å². The molecule has 0 aliphatic heterocycles. The topological polar surface area (TPSA) is 58.9 Å². The van der Waals surface area contributed by atoms with Crippen LogP contribution in [0.4, 0.5) is 0 Å². The van der Waals surface area contributed by atoms with E-state index < -0.39 is 5.76 Å². The summed E-state index contributed by atoms with van der Waals surface area (Å²) in [5.74, 6) is -0.239. The zero-order valence-electron chi connectivity index (χ0n) is 6.75. The van der Waals surface area contributed by atoms with E-state index >= 15 is 0 Å². The van der Waals surface area contributed by atoms with Crippen LogP contribution in [-0.4, -0.2) is 10.2 Å². The molecule has 1 heterocycles. The molecule has 1 aromatic heterocycles. The van der Waals surface area contributed by atoms with E-state index in [-0.39, 0.29) is 0 Å². The summed E-state index contributed by atoms with van der Waals surface area (Å²) in [5, 5.41) is 5.98. The third-order valence-corrected chi connectivity index (χ3v) is 3.03. The molecule has 2 aromatic rings. The van der Waals surface area contributed by atoms with Gasteiger partial charge in [0.1, 0.15) is 0 Å². The predicted molar refractivity (Wildman–Crippen MR) is 63.0 cm³/mol. The molecule has 0 aliphatic carbocycles. The van der Waals surface area contributed by atoms with Gasteiger partial charge >= 0.3 is 5.76 Å². The second-order valence-electron chi connectivity index (χ2n) is 2.54. The van der Waals surface area contributed by atoms with E-state index in [0.717, 1.165) is 13.6 Å². The minimum atomic E-state index is -0.546. The van der Waals surface area contributed by atoms with E-state index in [2.05, 4.69) is 48.7 Å². The normalized spacial score (nSPS) is 10.4. The summed E-state index contributed by atoms with van der Waals surface area (Å²) in [4.78, 5) is 10.8. The molecule has 6 heteroatoms. The Morgan fingerprint density at radius 1 is 1.50 bits per heavy atom. The second-order valence-corrected chi connectivity index (χ2v) is 4.62. The Hall–Kier alpha value is -0.630. The monoisotopic (exact) mass is 366 g/mol. The second kappa shape index (κ2) is 3.85. The number of rotatable bonds is 1. The zero-order chi connectivity index (χ0) is 10.1. The van der Waals surface area contributed by atoms with Crippen molar-refractivity contribution in [3.63, 3.8) is 0 Å². The van der Waals surface area contributed by atoms with Crippen LogP contribution >= 0.6 is 38.5 Å². The van der Waals surface area contributed by atoms with E-state index in [9.17, 15) is 4.79 Å². The van der Waals surface area contributed by atoms with Crippen LogP contribution in [0.25, 0.3) is 11.5 Å². The Balaban J connectivity index is 2.61. The molecule has 0 aliphatic rings. The summed E-state index contributed by atoms with van der Waals surface area (Å²) in [6, 6.07) is 5.67. The molecule has 2 rings (SSSR count). The Bertz CT molecular complexity index is 520. The molecule has 0 saturated heterocycles. The van der Waals surface area contributed by atoms with Crippen molar-refractivity contribution < 1.29 is 4.42 Å². The van der Waals surface area contributed by atoms with Gasteiger partial charge < -0.3 is 4.42 Å². The molecule has 14 heavy (non-hydrogen) atoms. The molecule has 1 aromatic carbocycles. The smallest absolute Gasteiger partial charge is 0.388 e. The highest BCUT2D eigenvalue weighted by Gasteiger charge is 2.09. The van der Waals surface area contributed by atoms with Crippen molar-refractivity contribution in [2.75, 3.05) is 0 Å². The molecule has 0 spiro atoms. The molecular weight excluding hydrogens is 363 g/mol. The summed E-state index contributed by atoms with van der Waals surface area (Å²) >= 11 is 5.49. The fraction of sp³-hybridized carbons (Fsp3) is 0. The van der Waals surface area contributed by atoms with Crippen molar-refractivity contribution in [2.24, 2.45) is 0 Å². The average Bonchev–Trinajstić information content (AvgIpc) is 2.56. The van der Waals surface area contributed by atoms with Crippen molar-refractivity contribution in [1.82, 2.24) is 10.2 Å². The Kier molecular flexibility index (Phi) is 2.73. The van der Waals surface area contributed by atoms with Crippen molar-refractivity contribution >= 4 is 38.5 Å². The fourth-order valence-corrected chi connectivity index (χ4v) is 1.93. The first-order chi connectivity index (χ1) is 6.66. The molecule has 72 valence electrons. The number of aromatic nitrogens is 2. The number of benzene rings is 1. The molecule has 0 unspecified atom stereocenters. The van der Waals surface area contributed by atoms with Crippen LogP contribution in [0.3, 0.4) is 0 Å². The molecule has 0 saturated carbocycles. The van der Waals surface area contributed by atoms with Crippen molar-refractivity contribution in [2.45, 2.75) is 0 Å². The lowest BCUT2D eigenvalue weighted by Crippen LogP contribution is -1.93. The number of hydrogen-bond acceptors (Lipinski definition) is 3. The summed E-state index contributed by atoms with van der Waals surface area (Å²) in [5.41, 5.74) is 0.790. The molecule has 0 bridgehead atoms. The number of nitrogens with zero attached hydrogens (tertiary/aromatic N) is 1. The fourth-order valence-electron chi connectivity index (χ4n) is 1.01. The summed E-state index contributed by atoms with van der Waals surface area (Å²) in [7, 11) is 0. The third kappa shape index (κ3) is 1.90. The van der Waals surface area contributed by atoms with Gasteiger partial charge in [-0.15, -0.1) is 5.10 Å². The van der Waals surface area contributed by atoms with Gasteiger partial charge in [-0.25, -0.2) is 9.89 Å². The van der Waals surface area contributed by atoms with Crippen molar-refractivity contribution in [1.29, 1.82) is 0 Å². The summed E-state index contributed by atoms with van der Waals surface area (Å²) < 4.78 is 6.75. The van der Waals surface area contributed by atoms with E-state index in [1.807, 2.05) is 18.2 Å². The number of nitrogens with one attached hydrogen (secondary N) is 1. The lowest BCUT2D eigenvalue weighted by atomic mass is 10.2. The van der Waals surface area contributed by atoms with Gasteiger partial charge in [-0.3, -0.25) is 0 Å². The maximum absolute atomic E-state index is 10.8. The van der Waals surface area contributed by atoms with Gasteiger partial charge in [0.2, 0.25) is 5.89 Å². The minimum Gasteiger partial charge on any atom is -0.388 e. The average molecular weight is 367 g/mol. The molecule has 0 fully saturated rings. The Morgan fingerprint density at radius 3 is 2.93 bits per heavy atom. The van der Waals surface area contributed by atoms with Crippen LogP contribution in [0.1, 0.15) is 0 Å². The molecule has 0 atom stereocenters. The molecule has 0 amide bonds. The zero-order valence-corrected chi connectivity index (χ0v) is 10.5. The first-order valence-electron chi connectivity index (χ1n) is 3.68. The van der Waals surface area contributed by atoms with Crippen LogP contribution in [0.5, 0.6) is 0 Å².